The molecule has 0 spiro atoms. The van der Waals surface area contributed by atoms with Crippen molar-refractivity contribution in [2.45, 2.75) is 37.9 Å². The van der Waals surface area contributed by atoms with Crippen molar-refractivity contribution in [3.05, 3.63) is 34.6 Å². The minimum atomic E-state index is -0.0357. The molecular weight excluding hydrogens is 388 g/mol. The first-order valence-electron chi connectivity index (χ1n) is 10.4. The van der Waals surface area contributed by atoms with E-state index in [2.05, 4.69) is 22.1 Å². The molecular formula is C21H30N4O3S. The van der Waals surface area contributed by atoms with E-state index in [4.69, 9.17) is 4.74 Å². The molecule has 1 aromatic carbocycles. The number of ether oxygens (including phenoxy) is 1. The van der Waals surface area contributed by atoms with Gasteiger partial charge in [-0.3, -0.25) is 19.1 Å². The highest BCUT2D eigenvalue weighted by Gasteiger charge is 2.14. The molecule has 1 N–H and O–H groups in total. The lowest BCUT2D eigenvalue weighted by atomic mass is 10.2. The van der Waals surface area contributed by atoms with Crippen LogP contribution < -0.4 is 10.9 Å². The van der Waals surface area contributed by atoms with Gasteiger partial charge in [0.2, 0.25) is 5.91 Å². The molecule has 0 bridgehead atoms. The zero-order valence-electron chi connectivity index (χ0n) is 17.1. The number of carbonyl (C=O) groups excluding carboxylic acids is 1. The molecule has 0 saturated carbocycles. The van der Waals surface area contributed by atoms with E-state index in [0.29, 0.717) is 29.1 Å². The van der Waals surface area contributed by atoms with Gasteiger partial charge in [-0.2, -0.15) is 0 Å². The first kappa shape index (κ1) is 21.8. The summed E-state index contributed by atoms with van der Waals surface area (Å²) in [5, 5.41) is 4.15. The Kier molecular flexibility index (Phi) is 8.52. The Morgan fingerprint density at radius 1 is 1.21 bits per heavy atom. The van der Waals surface area contributed by atoms with Gasteiger partial charge in [-0.15, -0.1) is 0 Å². The molecule has 1 aromatic heterocycles. The zero-order valence-corrected chi connectivity index (χ0v) is 17.9. The summed E-state index contributed by atoms with van der Waals surface area (Å²) >= 11 is 1.33. The number of nitrogens with one attached hydrogen (secondary N) is 1. The monoisotopic (exact) mass is 418 g/mol. The molecule has 7 nitrogen and oxygen atoms in total. The summed E-state index contributed by atoms with van der Waals surface area (Å²) in [4.78, 5) is 32.2. The number of thioether (sulfide) groups is 1. The quantitative estimate of drug-likeness (QED) is 0.362. The lowest BCUT2D eigenvalue weighted by Crippen LogP contribution is -2.37. The van der Waals surface area contributed by atoms with E-state index in [1.807, 2.05) is 24.3 Å². The van der Waals surface area contributed by atoms with Crippen LogP contribution in [0.3, 0.4) is 0 Å². The summed E-state index contributed by atoms with van der Waals surface area (Å²) in [5.41, 5.74) is 0.641. The first-order valence-corrected chi connectivity index (χ1v) is 11.4. The van der Waals surface area contributed by atoms with Gasteiger partial charge in [0.1, 0.15) is 0 Å². The topological polar surface area (TPSA) is 76.5 Å². The van der Waals surface area contributed by atoms with Crippen LogP contribution in [0.5, 0.6) is 0 Å². The summed E-state index contributed by atoms with van der Waals surface area (Å²) in [6, 6.07) is 7.40. The molecule has 0 radical (unpaired) electrons. The van der Waals surface area contributed by atoms with Crippen LogP contribution in [0.15, 0.2) is 34.2 Å². The Balaban J connectivity index is 1.70. The molecule has 0 unspecified atom stereocenters. The van der Waals surface area contributed by atoms with Gasteiger partial charge >= 0.3 is 0 Å². The van der Waals surface area contributed by atoms with Crippen LogP contribution >= 0.6 is 11.8 Å². The Labute approximate surface area is 175 Å². The fourth-order valence-corrected chi connectivity index (χ4v) is 4.17. The second-order valence-electron chi connectivity index (χ2n) is 7.17. The number of amides is 1. The average molecular weight is 419 g/mol. The minimum Gasteiger partial charge on any atom is -0.379 e. The Bertz CT molecular complexity index is 865. The molecule has 1 aliphatic heterocycles. The number of benzene rings is 1. The average Bonchev–Trinajstić information content (AvgIpc) is 2.75. The van der Waals surface area contributed by atoms with Crippen molar-refractivity contribution in [2.75, 3.05) is 45.1 Å². The third-order valence-corrected chi connectivity index (χ3v) is 5.95. The van der Waals surface area contributed by atoms with Crippen LogP contribution in [-0.4, -0.2) is 65.5 Å². The van der Waals surface area contributed by atoms with Crippen molar-refractivity contribution in [3.8, 4) is 0 Å². The molecule has 8 heteroatoms. The predicted octanol–water partition coefficient (Wildman–Crippen LogP) is 2.13. The molecule has 3 rings (SSSR count). The SMILES string of the molecule is CCCCNC(=O)CSc1nc2ccccc2c(=O)n1CCCN1CCOCC1. The third kappa shape index (κ3) is 6.29. The van der Waals surface area contributed by atoms with Crippen molar-refractivity contribution in [3.63, 3.8) is 0 Å². The van der Waals surface area contributed by atoms with Crippen LogP contribution in [0.25, 0.3) is 10.9 Å². The van der Waals surface area contributed by atoms with Gasteiger partial charge in [-0.05, 0) is 25.0 Å². The maximum Gasteiger partial charge on any atom is 0.262 e. The molecule has 0 atom stereocenters. The van der Waals surface area contributed by atoms with Crippen molar-refractivity contribution in [1.82, 2.24) is 19.8 Å². The van der Waals surface area contributed by atoms with Gasteiger partial charge in [0.15, 0.2) is 5.16 Å². The van der Waals surface area contributed by atoms with E-state index in [0.717, 1.165) is 52.1 Å². The third-order valence-electron chi connectivity index (χ3n) is 4.97. The highest BCUT2D eigenvalue weighted by molar-refractivity contribution is 7.99. The maximum absolute atomic E-state index is 13.1. The Hall–Kier alpha value is -1.90. The lowest BCUT2D eigenvalue weighted by Gasteiger charge is -2.26. The number of nitrogens with zero attached hydrogens (tertiary/aromatic N) is 3. The molecule has 1 aliphatic rings. The van der Waals surface area contributed by atoms with E-state index in [-0.39, 0.29) is 17.2 Å². The predicted molar refractivity (Wildman–Crippen MR) is 117 cm³/mol. The number of fused-ring (bicyclic) bond motifs is 1. The van der Waals surface area contributed by atoms with Crippen molar-refractivity contribution in [1.29, 1.82) is 0 Å². The van der Waals surface area contributed by atoms with Crippen molar-refractivity contribution in [2.24, 2.45) is 0 Å². The van der Waals surface area contributed by atoms with Crippen LogP contribution in [-0.2, 0) is 16.1 Å². The van der Waals surface area contributed by atoms with Gasteiger partial charge < -0.3 is 10.1 Å². The van der Waals surface area contributed by atoms with Gasteiger partial charge in [0.05, 0.1) is 29.9 Å². The van der Waals surface area contributed by atoms with Gasteiger partial charge in [0, 0.05) is 32.7 Å². The maximum atomic E-state index is 13.1. The highest BCUT2D eigenvalue weighted by atomic mass is 32.2. The standard InChI is InChI=1S/C21H30N4O3S/c1-2-3-9-22-19(26)16-29-21-23-18-8-5-4-7-17(18)20(27)25(21)11-6-10-24-12-14-28-15-13-24/h4-5,7-8H,2-3,6,9-16H2,1H3,(H,22,26). The normalized spacial score (nSPS) is 14.9. The van der Waals surface area contributed by atoms with E-state index in [9.17, 15) is 9.59 Å². The summed E-state index contributed by atoms with van der Waals surface area (Å²) in [7, 11) is 0. The number of para-hydroxylation sites is 1. The summed E-state index contributed by atoms with van der Waals surface area (Å²) < 4.78 is 7.12. The van der Waals surface area contributed by atoms with Crippen LogP contribution in [0.4, 0.5) is 0 Å². The Morgan fingerprint density at radius 2 is 2.00 bits per heavy atom. The summed E-state index contributed by atoms with van der Waals surface area (Å²) in [6.45, 7) is 7.70. The number of rotatable bonds is 10. The van der Waals surface area contributed by atoms with E-state index in [1.165, 1.54) is 11.8 Å². The fourth-order valence-electron chi connectivity index (χ4n) is 3.32. The zero-order chi connectivity index (χ0) is 20.5. The first-order chi connectivity index (χ1) is 14.2. The molecule has 1 fully saturated rings. The number of morpholine rings is 1. The summed E-state index contributed by atoms with van der Waals surface area (Å²) in [6.07, 6.45) is 2.87. The molecule has 0 aliphatic carbocycles. The lowest BCUT2D eigenvalue weighted by molar-refractivity contribution is -0.118. The van der Waals surface area contributed by atoms with Crippen LogP contribution in [0.2, 0.25) is 0 Å². The number of aromatic nitrogens is 2. The van der Waals surface area contributed by atoms with Crippen molar-refractivity contribution >= 4 is 28.6 Å². The molecule has 1 amide bonds. The van der Waals surface area contributed by atoms with E-state index in [1.54, 1.807) is 4.57 Å². The fraction of sp³-hybridized carbons (Fsp3) is 0.571. The van der Waals surface area contributed by atoms with Crippen LogP contribution in [0.1, 0.15) is 26.2 Å². The molecule has 158 valence electrons. The minimum absolute atomic E-state index is 0.0225. The number of hydrogen-bond donors (Lipinski definition) is 1. The molecule has 2 aromatic rings. The molecule has 2 heterocycles. The molecule has 29 heavy (non-hydrogen) atoms. The molecule has 1 saturated heterocycles. The highest BCUT2D eigenvalue weighted by Crippen LogP contribution is 2.18. The van der Waals surface area contributed by atoms with E-state index < -0.39 is 0 Å². The number of hydrogen-bond acceptors (Lipinski definition) is 6. The largest absolute Gasteiger partial charge is 0.379 e. The number of unbranched alkanes of at least 4 members (excludes halogenated alkanes) is 1. The smallest absolute Gasteiger partial charge is 0.262 e. The van der Waals surface area contributed by atoms with Gasteiger partial charge in [-0.1, -0.05) is 37.2 Å². The van der Waals surface area contributed by atoms with Crippen molar-refractivity contribution < 1.29 is 9.53 Å². The summed E-state index contributed by atoms with van der Waals surface area (Å²) in [5.74, 6) is 0.239. The van der Waals surface area contributed by atoms with Gasteiger partial charge in [0.25, 0.3) is 5.56 Å². The van der Waals surface area contributed by atoms with Gasteiger partial charge in [-0.25, -0.2) is 4.98 Å². The second kappa shape index (κ2) is 11.3. The Morgan fingerprint density at radius 3 is 2.79 bits per heavy atom. The number of carbonyl (C=O) groups is 1. The second-order valence-corrected chi connectivity index (χ2v) is 8.11. The van der Waals surface area contributed by atoms with E-state index >= 15 is 0 Å². The van der Waals surface area contributed by atoms with Crippen LogP contribution in [0, 0.1) is 0 Å².